The van der Waals surface area contributed by atoms with E-state index in [1.807, 2.05) is 6.92 Å². The summed E-state index contributed by atoms with van der Waals surface area (Å²) in [6, 6.07) is 2.95. The van der Waals surface area contributed by atoms with Crippen molar-refractivity contribution >= 4 is 31.6 Å². The molecule has 0 aliphatic rings. The highest BCUT2D eigenvalue weighted by Crippen LogP contribution is 2.32. The van der Waals surface area contributed by atoms with E-state index >= 15 is 0 Å². The number of benzene rings is 1. The van der Waals surface area contributed by atoms with E-state index in [4.69, 9.17) is 10.5 Å². The second-order valence-electron chi connectivity index (χ2n) is 6.14. The summed E-state index contributed by atoms with van der Waals surface area (Å²) < 4.78 is 33.2. The standard InChI is InChI=1S/C14H23BrN2O3S/c1-9(14(2,3)4)8-17-21(18,19)13-7-11(16)10(15)6-12(13)20-5/h6-7,9,17H,8,16H2,1-5H3. The molecular formula is C14H23BrN2O3S. The molecule has 0 saturated carbocycles. The van der Waals surface area contributed by atoms with Crippen LogP contribution in [0.15, 0.2) is 21.5 Å². The fraction of sp³-hybridized carbons (Fsp3) is 0.571. The van der Waals surface area contributed by atoms with Crippen LogP contribution in [0.4, 0.5) is 5.69 Å². The van der Waals surface area contributed by atoms with Crippen molar-refractivity contribution in [1.82, 2.24) is 4.72 Å². The topological polar surface area (TPSA) is 81.4 Å². The number of halogens is 1. The molecule has 120 valence electrons. The van der Waals surface area contributed by atoms with Crippen LogP contribution in [0, 0.1) is 11.3 Å². The number of nitrogens with one attached hydrogen (secondary N) is 1. The normalized spacial score (nSPS) is 14.0. The molecule has 0 radical (unpaired) electrons. The predicted octanol–water partition coefficient (Wildman–Crippen LogP) is 3.00. The number of rotatable bonds is 5. The zero-order chi connectivity index (χ0) is 16.4. The molecule has 0 aliphatic carbocycles. The van der Waals surface area contributed by atoms with Crippen LogP contribution >= 0.6 is 15.9 Å². The van der Waals surface area contributed by atoms with E-state index in [1.165, 1.54) is 13.2 Å². The fourth-order valence-electron chi connectivity index (χ4n) is 1.54. The molecule has 0 fully saturated rings. The molecule has 1 rings (SSSR count). The SMILES string of the molecule is COc1cc(Br)c(N)cc1S(=O)(=O)NCC(C)C(C)(C)C. The van der Waals surface area contributed by atoms with Crippen molar-refractivity contribution in [2.45, 2.75) is 32.6 Å². The Kier molecular flexibility index (Phi) is 5.69. The molecule has 0 aromatic heterocycles. The van der Waals surface area contributed by atoms with E-state index in [1.54, 1.807) is 6.07 Å². The van der Waals surface area contributed by atoms with Gasteiger partial charge in [-0.3, -0.25) is 0 Å². The molecule has 1 atom stereocenters. The number of anilines is 1. The van der Waals surface area contributed by atoms with Gasteiger partial charge in [0.05, 0.1) is 7.11 Å². The fourth-order valence-corrected chi connectivity index (χ4v) is 3.18. The van der Waals surface area contributed by atoms with Gasteiger partial charge < -0.3 is 10.5 Å². The van der Waals surface area contributed by atoms with Crippen LogP contribution in [0.5, 0.6) is 5.75 Å². The Morgan fingerprint density at radius 3 is 2.43 bits per heavy atom. The van der Waals surface area contributed by atoms with E-state index in [9.17, 15) is 8.42 Å². The van der Waals surface area contributed by atoms with Crippen LogP contribution in [0.1, 0.15) is 27.7 Å². The first-order valence-electron chi connectivity index (χ1n) is 6.61. The summed E-state index contributed by atoms with van der Waals surface area (Å²) in [5, 5.41) is 0. The Morgan fingerprint density at radius 1 is 1.38 bits per heavy atom. The van der Waals surface area contributed by atoms with Crippen molar-refractivity contribution in [3.05, 3.63) is 16.6 Å². The Morgan fingerprint density at radius 2 is 1.95 bits per heavy atom. The zero-order valence-corrected chi connectivity index (χ0v) is 15.4. The molecule has 5 nitrogen and oxygen atoms in total. The number of ether oxygens (including phenoxy) is 1. The molecule has 0 amide bonds. The van der Waals surface area contributed by atoms with Crippen LogP contribution < -0.4 is 15.2 Å². The first kappa shape index (κ1) is 18.3. The number of sulfonamides is 1. The molecule has 1 aromatic carbocycles. The molecule has 0 bridgehead atoms. The second-order valence-corrected chi connectivity index (χ2v) is 8.73. The Hall–Kier alpha value is -0.790. The van der Waals surface area contributed by atoms with Gasteiger partial charge in [0.1, 0.15) is 10.6 Å². The molecular weight excluding hydrogens is 356 g/mol. The number of hydrogen-bond acceptors (Lipinski definition) is 4. The highest BCUT2D eigenvalue weighted by molar-refractivity contribution is 9.10. The Balaban J connectivity index is 3.06. The average Bonchev–Trinajstić information content (AvgIpc) is 2.37. The smallest absolute Gasteiger partial charge is 0.244 e. The maximum atomic E-state index is 12.4. The first-order valence-corrected chi connectivity index (χ1v) is 8.89. The lowest BCUT2D eigenvalue weighted by molar-refractivity contribution is 0.263. The van der Waals surface area contributed by atoms with Gasteiger partial charge in [-0.05, 0) is 39.4 Å². The van der Waals surface area contributed by atoms with Crippen LogP contribution in [-0.2, 0) is 10.0 Å². The maximum Gasteiger partial charge on any atom is 0.244 e. The third-order valence-corrected chi connectivity index (χ3v) is 5.76. The molecule has 0 aliphatic heterocycles. The summed E-state index contributed by atoms with van der Waals surface area (Å²) in [5.41, 5.74) is 6.14. The van der Waals surface area contributed by atoms with Gasteiger partial charge >= 0.3 is 0 Å². The minimum absolute atomic E-state index is 0.0192. The van der Waals surface area contributed by atoms with E-state index in [2.05, 4.69) is 41.4 Å². The van der Waals surface area contributed by atoms with Crippen LogP contribution in [-0.4, -0.2) is 22.1 Å². The van der Waals surface area contributed by atoms with Crippen LogP contribution in [0.2, 0.25) is 0 Å². The molecule has 1 unspecified atom stereocenters. The van der Waals surface area contributed by atoms with Gasteiger partial charge in [-0.1, -0.05) is 27.7 Å². The van der Waals surface area contributed by atoms with Gasteiger partial charge in [-0.15, -0.1) is 0 Å². The van der Waals surface area contributed by atoms with Gasteiger partial charge in [0.2, 0.25) is 10.0 Å². The van der Waals surface area contributed by atoms with Crippen molar-refractivity contribution in [1.29, 1.82) is 0 Å². The molecule has 0 heterocycles. The monoisotopic (exact) mass is 378 g/mol. The van der Waals surface area contributed by atoms with Crippen molar-refractivity contribution < 1.29 is 13.2 Å². The lowest BCUT2D eigenvalue weighted by atomic mass is 9.82. The third-order valence-electron chi connectivity index (χ3n) is 3.63. The summed E-state index contributed by atoms with van der Waals surface area (Å²) in [7, 11) is -2.25. The Labute approximate surface area is 135 Å². The number of hydrogen-bond donors (Lipinski definition) is 2. The maximum absolute atomic E-state index is 12.4. The van der Waals surface area contributed by atoms with Crippen molar-refractivity contribution in [2.24, 2.45) is 11.3 Å². The van der Waals surface area contributed by atoms with E-state index in [0.29, 0.717) is 16.7 Å². The summed E-state index contributed by atoms with van der Waals surface area (Å²) in [6.07, 6.45) is 0. The van der Waals surface area contributed by atoms with Gasteiger partial charge in [-0.2, -0.15) is 0 Å². The molecule has 0 spiro atoms. The Bertz CT molecular complexity index is 609. The zero-order valence-electron chi connectivity index (χ0n) is 13.0. The molecule has 7 heteroatoms. The quantitative estimate of drug-likeness (QED) is 0.771. The van der Waals surface area contributed by atoms with Gasteiger partial charge in [0.25, 0.3) is 0 Å². The lowest BCUT2D eigenvalue weighted by Crippen LogP contribution is -2.33. The van der Waals surface area contributed by atoms with Crippen LogP contribution in [0.3, 0.4) is 0 Å². The molecule has 21 heavy (non-hydrogen) atoms. The van der Waals surface area contributed by atoms with Gasteiger partial charge in [-0.25, -0.2) is 13.1 Å². The van der Waals surface area contributed by atoms with Crippen LogP contribution in [0.25, 0.3) is 0 Å². The van der Waals surface area contributed by atoms with E-state index < -0.39 is 10.0 Å². The number of methoxy groups -OCH3 is 1. The number of nitrogen functional groups attached to an aromatic ring is 1. The summed E-state index contributed by atoms with van der Waals surface area (Å²) in [6.45, 7) is 8.58. The number of nitrogens with two attached hydrogens (primary N) is 1. The highest BCUT2D eigenvalue weighted by Gasteiger charge is 2.25. The van der Waals surface area contributed by atoms with Crippen molar-refractivity contribution in [3.63, 3.8) is 0 Å². The minimum atomic E-state index is -3.67. The van der Waals surface area contributed by atoms with E-state index in [0.717, 1.165) is 0 Å². The minimum Gasteiger partial charge on any atom is -0.495 e. The van der Waals surface area contributed by atoms with Crippen molar-refractivity contribution in [2.75, 3.05) is 19.4 Å². The van der Waals surface area contributed by atoms with E-state index in [-0.39, 0.29) is 22.0 Å². The highest BCUT2D eigenvalue weighted by atomic mass is 79.9. The molecule has 1 aromatic rings. The van der Waals surface area contributed by atoms with Gasteiger partial charge in [0.15, 0.2) is 0 Å². The summed E-state index contributed by atoms with van der Waals surface area (Å²) in [5.74, 6) is 0.443. The predicted molar refractivity (Wildman–Crippen MR) is 88.9 cm³/mol. The largest absolute Gasteiger partial charge is 0.495 e. The first-order chi connectivity index (χ1) is 9.49. The molecule has 3 N–H and O–H groups in total. The summed E-state index contributed by atoms with van der Waals surface area (Å²) in [4.78, 5) is 0.0480. The van der Waals surface area contributed by atoms with Crippen molar-refractivity contribution in [3.8, 4) is 5.75 Å². The third kappa shape index (κ3) is 4.59. The second kappa shape index (κ2) is 6.54. The van der Waals surface area contributed by atoms with Gasteiger partial charge in [0, 0.05) is 16.7 Å². The average molecular weight is 379 g/mol. The lowest BCUT2D eigenvalue weighted by Gasteiger charge is -2.27. The summed E-state index contributed by atoms with van der Waals surface area (Å²) >= 11 is 3.26. The molecule has 0 saturated heterocycles.